The Morgan fingerprint density at radius 3 is 2.37 bits per heavy atom. The van der Waals surface area contributed by atoms with Gasteiger partial charge in [-0.3, -0.25) is 24.2 Å². The van der Waals surface area contributed by atoms with Crippen LogP contribution in [0, 0.1) is 5.92 Å². The molecule has 8 nitrogen and oxygen atoms in total. The highest BCUT2D eigenvalue weighted by atomic mass is 16.5. The Hall–Kier alpha value is -3.23. The molecule has 35 heavy (non-hydrogen) atoms. The number of nitrogens with zero attached hydrogens (tertiary/aromatic N) is 2. The lowest BCUT2D eigenvalue weighted by molar-refractivity contribution is 0.0162. The molecule has 0 unspecified atom stereocenters. The molecule has 1 saturated heterocycles. The molecular weight excluding hydrogens is 446 g/mol. The van der Waals surface area contributed by atoms with Gasteiger partial charge in [-0.2, -0.15) is 0 Å². The highest BCUT2D eigenvalue weighted by molar-refractivity contribution is 6.22. The summed E-state index contributed by atoms with van der Waals surface area (Å²) in [5.41, 5.74) is 2.10. The number of hydrogen-bond acceptors (Lipinski definition) is 6. The van der Waals surface area contributed by atoms with Crippen LogP contribution in [0.2, 0.25) is 0 Å². The van der Waals surface area contributed by atoms with E-state index in [2.05, 4.69) is 24.1 Å². The van der Waals surface area contributed by atoms with E-state index >= 15 is 0 Å². The smallest absolute Gasteiger partial charge is 0.261 e. The van der Waals surface area contributed by atoms with E-state index in [0.29, 0.717) is 48.9 Å². The third-order valence-corrected chi connectivity index (χ3v) is 6.61. The fraction of sp³-hybridized carbons (Fsp3) is 0.444. The Bertz CT molecular complexity index is 1080. The number of imide groups is 1. The highest BCUT2D eigenvalue weighted by Gasteiger charge is 2.35. The molecule has 1 fully saturated rings. The van der Waals surface area contributed by atoms with Gasteiger partial charge in [0.25, 0.3) is 17.7 Å². The van der Waals surface area contributed by atoms with Gasteiger partial charge in [-0.25, -0.2) is 0 Å². The molecule has 186 valence electrons. The molecule has 0 saturated carbocycles. The largest absolute Gasteiger partial charge is 0.497 e. The van der Waals surface area contributed by atoms with Crippen LogP contribution in [-0.4, -0.2) is 74.0 Å². The summed E-state index contributed by atoms with van der Waals surface area (Å²) in [6.07, 6.45) is 0.743. The zero-order valence-electron chi connectivity index (χ0n) is 20.6. The minimum atomic E-state index is -0.329. The zero-order chi connectivity index (χ0) is 24.9. The van der Waals surface area contributed by atoms with E-state index in [1.807, 2.05) is 24.3 Å². The van der Waals surface area contributed by atoms with Crippen LogP contribution in [0.1, 0.15) is 62.9 Å². The van der Waals surface area contributed by atoms with Gasteiger partial charge >= 0.3 is 0 Å². The number of benzene rings is 2. The van der Waals surface area contributed by atoms with E-state index in [4.69, 9.17) is 9.47 Å². The van der Waals surface area contributed by atoms with Crippen LogP contribution in [0.25, 0.3) is 0 Å². The number of ether oxygens (including phenoxy) is 2. The fourth-order valence-electron chi connectivity index (χ4n) is 4.49. The van der Waals surface area contributed by atoms with Crippen LogP contribution in [0.3, 0.4) is 0 Å². The molecule has 2 aliphatic heterocycles. The normalized spacial score (nSPS) is 17.0. The summed E-state index contributed by atoms with van der Waals surface area (Å²) in [4.78, 5) is 42.2. The van der Waals surface area contributed by atoms with Crippen LogP contribution in [-0.2, 0) is 4.74 Å². The average molecular weight is 480 g/mol. The number of rotatable bonds is 9. The van der Waals surface area contributed by atoms with E-state index in [0.717, 1.165) is 30.8 Å². The van der Waals surface area contributed by atoms with Crippen LogP contribution >= 0.6 is 0 Å². The molecular formula is C27H33N3O5. The number of carbonyl (C=O) groups excluding carboxylic acids is 3. The molecule has 0 spiro atoms. The van der Waals surface area contributed by atoms with E-state index in [1.54, 1.807) is 19.2 Å². The molecule has 2 aliphatic rings. The molecule has 0 aromatic heterocycles. The first kappa shape index (κ1) is 24.9. The van der Waals surface area contributed by atoms with Crippen molar-refractivity contribution in [3.05, 3.63) is 64.7 Å². The molecule has 0 bridgehead atoms. The SMILES string of the molecule is COc1ccc([C@@H](CNC(=O)c2ccc3c(c2)C(=O)N(CCC(C)C)C3=O)N2CCOCC2)cc1. The standard InChI is InChI=1S/C27H33N3O5/c1-18(2)10-11-30-26(32)22-9-6-20(16-23(22)27(30)33)25(31)28-17-24(29-12-14-35-15-13-29)19-4-7-21(34-3)8-5-19/h4-9,16,18,24H,10-15,17H2,1-3H3,(H,28,31)/t24-/m1/s1. The first-order valence-electron chi connectivity index (χ1n) is 12.1. The molecule has 2 heterocycles. The van der Waals surface area contributed by atoms with Gasteiger partial charge in [0.15, 0.2) is 0 Å². The van der Waals surface area contributed by atoms with Crippen LogP contribution in [0.4, 0.5) is 0 Å². The second-order valence-electron chi connectivity index (χ2n) is 9.35. The molecule has 4 rings (SSSR count). The fourth-order valence-corrected chi connectivity index (χ4v) is 4.49. The minimum absolute atomic E-state index is 0.0297. The predicted molar refractivity (Wildman–Crippen MR) is 132 cm³/mol. The van der Waals surface area contributed by atoms with Gasteiger partial charge in [0.2, 0.25) is 0 Å². The summed E-state index contributed by atoms with van der Waals surface area (Å²) in [6, 6.07) is 12.6. The summed E-state index contributed by atoms with van der Waals surface area (Å²) in [7, 11) is 1.63. The van der Waals surface area contributed by atoms with Crippen molar-refractivity contribution >= 4 is 17.7 Å². The van der Waals surface area contributed by atoms with Gasteiger partial charge in [-0.15, -0.1) is 0 Å². The number of carbonyl (C=O) groups is 3. The average Bonchev–Trinajstić information content (AvgIpc) is 3.12. The van der Waals surface area contributed by atoms with E-state index < -0.39 is 0 Å². The lowest BCUT2D eigenvalue weighted by Gasteiger charge is -2.35. The number of morpholine rings is 1. The lowest BCUT2D eigenvalue weighted by atomic mass is 10.0. The number of amides is 3. The van der Waals surface area contributed by atoms with Crippen LogP contribution < -0.4 is 10.1 Å². The molecule has 1 N–H and O–H groups in total. The van der Waals surface area contributed by atoms with Gasteiger partial charge in [-0.1, -0.05) is 26.0 Å². The summed E-state index contributed by atoms with van der Waals surface area (Å²) >= 11 is 0. The van der Waals surface area contributed by atoms with Crippen molar-refractivity contribution in [2.24, 2.45) is 5.92 Å². The Kier molecular flexibility index (Phi) is 7.83. The van der Waals surface area contributed by atoms with Crippen molar-refractivity contribution in [3.8, 4) is 5.75 Å². The molecule has 0 radical (unpaired) electrons. The van der Waals surface area contributed by atoms with Gasteiger partial charge < -0.3 is 14.8 Å². The second-order valence-corrected chi connectivity index (χ2v) is 9.35. The maximum atomic E-state index is 13.1. The highest BCUT2D eigenvalue weighted by Crippen LogP contribution is 2.26. The number of methoxy groups -OCH3 is 1. The van der Waals surface area contributed by atoms with Gasteiger partial charge in [0.05, 0.1) is 37.5 Å². The molecule has 2 aromatic carbocycles. The monoisotopic (exact) mass is 479 g/mol. The first-order valence-corrected chi connectivity index (χ1v) is 12.1. The third-order valence-electron chi connectivity index (χ3n) is 6.61. The van der Waals surface area contributed by atoms with E-state index in [1.165, 1.54) is 11.0 Å². The van der Waals surface area contributed by atoms with Crippen molar-refractivity contribution in [2.45, 2.75) is 26.3 Å². The molecule has 8 heteroatoms. The third kappa shape index (κ3) is 5.55. The zero-order valence-corrected chi connectivity index (χ0v) is 20.6. The maximum absolute atomic E-state index is 13.1. The summed E-state index contributed by atoms with van der Waals surface area (Å²) in [5, 5.41) is 3.03. The van der Waals surface area contributed by atoms with E-state index in [-0.39, 0.29) is 23.8 Å². The predicted octanol–water partition coefficient (Wildman–Crippen LogP) is 3.14. The van der Waals surface area contributed by atoms with E-state index in [9.17, 15) is 14.4 Å². The van der Waals surface area contributed by atoms with Crippen molar-refractivity contribution in [1.82, 2.24) is 15.1 Å². The minimum Gasteiger partial charge on any atom is -0.497 e. The number of fused-ring (bicyclic) bond motifs is 1. The maximum Gasteiger partial charge on any atom is 0.261 e. The van der Waals surface area contributed by atoms with Gasteiger partial charge in [-0.05, 0) is 48.2 Å². The summed E-state index contributed by atoms with van der Waals surface area (Å²) in [6.45, 7) is 7.73. The lowest BCUT2D eigenvalue weighted by Crippen LogP contribution is -2.43. The van der Waals surface area contributed by atoms with Crippen molar-refractivity contribution in [3.63, 3.8) is 0 Å². The molecule has 0 aliphatic carbocycles. The Balaban J connectivity index is 1.47. The quantitative estimate of drug-likeness (QED) is 0.556. The topological polar surface area (TPSA) is 88.2 Å². The molecule has 3 amide bonds. The second kappa shape index (κ2) is 11.0. The number of nitrogens with one attached hydrogen (secondary N) is 1. The first-order chi connectivity index (χ1) is 16.9. The van der Waals surface area contributed by atoms with Gasteiger partial charge in [0.1, 0.15) is 5.75 Å². The Labute approximate surface area is 206 Å². The summed E-state index contributed by atoms with van der Waals surface area (Å²) < 4.78 is 10.8. The Morgan fingerprint density at radius 1 is 1.03 bits per heavy atom. The molecule has 2 aromatic rings. The summed E-state index contributed by atoms with van der Waals surface area (Å²) in [5.74, 6) is 0.263. The van der Waals surface area contributed by atoms with Crippen LogP contribution in [0.5, 0.6) is 5.75 Å². The van der Waals surface area contributed by atoms with Crippen molar-refractivity contribution in [2.75, 3.05) is 46.5 Å². The van der Waals surface area contributed by atoms with Gasteiger partial charge in [0, 0.05) is 31.7 Å². The van der Waals surface area contributed by atoms with Crippen LogP contribution in [0.15, 0.2) is 42.5 Å². The van der Waals surface area contributed by atoms with Crippen molar-refractivity contribution in [1.29, 1.82) is 0 Å². The van der Waals surface area contributed by atoms with Crippen molar-refractivity contribution < 1.29 is 23.9 Å². The Morgan fingerprint density at radius 2 is 1.71 bits per heavy atom. The molecule has 1 atom stereocenters. The number of hydrogen-bond donors (Lipinski definition) is 1.